The van der Waals surface area contributed by atoms with Crippen molar-refractivity contribution in [3.8, 4) is 0 Å². The zero-order chi connectivity index (χ0) is 23.4. The van der Waals surface area contributed by atoms with Crippen molar-refractivity contribution in [2.75, 3.05) is 12.8 Å². The van der Waals surface area contributed by atoms with Crippen LogP contribution in [0.1, 0.15) is 15.9 Å². The van der Waals surface area contributed by atoms with E-state index < -0.39 is 4.92 Å². The summed E-state index contributed by atoms with van der Waals surface area (Å²) in [5.41, 5.74) is 1.51. The standard InChI is InChI=1S/C22H20N6O4S/c1-33-19-5-3-2-4-17(19)21(29)23-10-11-27-20-18(12-25-27)22(30)26(14-24-20)13-15-6-8-16(9-7-15)28(31)32/h2-9,12,14H,10-11,13H2,1H3,(H,23,29). The Balaban J connectivity index is 1.45. The highest BCUT2D eigenvalue weighted by Crippen LogP contribution is 2.19. The van der Waals surface area contributed by atoms with Gasteiger partial charge in [-0.2, -0.15) is 5.10 Å². The SMILES string of the molecule is CSc1ccccc1C(=O)NCCn1ncc2c(=O)n(Cc3ccc([N+](=O)[O-])cc3)cnc21. The van der Waals surface area contributed by atoms with E-state index in [1.807, 2.05) is 24.5 Å². The minimum atomic E-state index is -0.470. The highest BCUT2D eigenvalue weighted by atomic mass is 32.2. The second-order valence-electron chi connectivity index (χ2n) is 7.16. The highest BCUT2D eigenvalue weighted by Gasteiger charge is 2.13. The molecule has 1 amide bonds. The molecule has 2 heterocycles. The molecule has 4 rings (SSSR count). The Morgan fingerprint density at radius 2 is 1.94 bits per heavy atom. The van der Waals surface area contributed by atoms with Crippen molar-refractivity contribution in [3.63, 3.8) is 0 Å². The molecule has 0 aliphatic carbocycles. The number of hydrogen-bond acceptors (Lipinski definition) is 7. The van der Waals surface area contributed by atoms with Crippen LogP contribution in [0, 0.1) is 10.1 Å². The third-order valence-corrected chi connectivity index (χ3v) is 5.88. The number of amides is 1. The van der Waals surface area contributed by atoms with Crippen LogP contribution in [0.15, 0.2) is 70.7 Å². The number of aromatic nitrogens is 4. The second-order valence-corrected chi connectivity index (χ2v) is 8.01. The van der Waals surface area contributed by atoms with Gasteiger partial charge in [0.25, 0.3) is 17.2 Å². The number of nitro benzene ring substituents is 1. The Bertz CT molecular complexity index is 1380. The van der Waals surface area contributed by atoms with Crippen molar-refractivity contribution in [1.82, 2.24) is 24.6 Å². The highest BCUT2D eigenvalue weighted by molar-refractivity contribution is 7.98. The molecule has 0 aliphatic rings. The zero-order valence-electron chi connectivity index (χ0n) is 17.7. The number of nitro groups is 1. The first-order chi connectivity index (χ1) is 16.0. The van der Waals surface area contributed by atoms with Crippen molar-refractivity contribution in [3.05, 3.63) is 92.7 Å². The average Bonchev–Trinajstić information content (AvgIpc) is 3.24. The molecule has 168 valence electrons. The van der Waals surface area contributed by atoms with Crippen LogP contribution in [-0.2, 0) is 13.1 Å². The summed E-state index contributed by atoms with van der Waals surface area (Å²) in [5.74, 6) is -0.171. The lowest BCUT2D eigenvalue weighted by molar-refractivity contribution is -0.384. The van der Waals surface area contributed by atoms with E-state index in [4.69, 9.17) is 0 Å². The summed E-state index contributed by atoms with van der Waals surface area (Å²) in [7, 11) is 0. The fraction of sp³-hybridized carbons (Fsp3) is 0.182. The van der Waals surface area contributed by atoms with Gasteiger partial charge in [-0.25, -0.2) is 9.67 Å². The number of non-ortho nitro benzene ring substituents is 1. The summed E-state index contributed by atoms with van der Waals surface area (Å²) in [6.07, 6.45) is 4.81. The minimum absolute atomic E-state index is 0.00928. The lowest BCUT2D eigenvalue weighted by atomic mass is 10.2. The number of fused-ring (bicyclic) bond motifs is 1. The summed E-state index contributed by atoms with van der Waals surface area (Å²) in [6, 6.07) is 13.4. The number of carbonyl (C=O) groups excluding carboxylic acids is 1. The van der Waals surface area contributed by atoms with Gasteiger partial charge in [-0.3, -0.25) is 24.3 Å². The van der Waals surface area contributed by atoms with E-state index in [2.05, 4.69) is 15.4 Å². The van der Waals surface area contributed by atoms with Crippen molar-refractivity contribution in [2.45, 2.75) is 18.0 Å². The van der Waals surface area contributed by atoms with Crippen LogP contribution in [0.4, 0.5) is 5.69 Å². The van der Waals surface area contributed by atoms with Crippen molar-refractivity contribution in [1.29, 1.82) is 0 Å². The predicted octanol–water partition coefficient (Wildman–Crippen LogP) is 2.70. The third kappa shape index (κ3) is 4.77. The monoisotopic (exact) mass is 464 g/mol. The van der Waals surface area contributed by atoms with Gasteiger partial charge < -0.3 is 5.32 Å². The maximum atomic E-state index is 12.8. The van der Waals surface area contributed by atoms with E-state index in [-0.39, 0.29) is 23.7 Å². The Kier molecular flexibility index (Phi) is 6.50. The van der Waals surface area contributed by atoms with E-state index in [1.54, 1.807) is 22.9 Å². The van der Waals surface area contributed by atoms with Crippen molar-refractivity contribution in [2.24, 2.45) is 0 Å². The van der Waals surface area contributed by atoms with Gasteiger partial charge in [0.2, 0.25) is 0 Å². The van der Waals surface area contributed by atoms with E-state index in [0.717, 1.165) is 10.5 Å². The topological polar surface area (TPSA) is 125 Å². The van der Waals surface area contributed by atoms with E-state index in [9.17, 15) is 19.7 Å². The smallest absolute Gasteiger partial charge is 0.269 e. The fourth-order valence-electron chi connectivity index (χ4n) is 3.40. The number of rotatable bonds is 8. The van der Waals surface area contributed by atoms with E-state index in [1.165, 1.54) is 41.0 Å². The molecule has 0 radical (unpaired) electrons. The number of benzene rings is 2. The number of thioether (sulfide) groups is 1. The molecular weight excluding hydrogens is 444 g/mol. The molecule has 0 saturated carbocycles. The maximum Gasteiger partial charge on any atom is 0.269 e. The molecule has 2 aromatic heterocycles. The first kappa shape index (κ1) is 22.2. The van der Waals surface area contributed by atoms with Crippen LogP contribution in [0.5, 0.6) is 0 Å². The fourth-order valence-corrected chi connectivity index (χ4v) is 3.99. The Morgan fingerprint density at radius 1 is 1.18 bits per heavy atom. The molecule has 0 saturated heterocycles. The quantitative estimate of drug-likeness (QED) is 0.241. The summed E-state index contributed by atoms with van der Waals surface area (Å²) in [4.78, 5) is 40.9. The Labute approximate surface area is 192 Å². The lowest BCUT2D eigenvalue weighted by Crippen LogP contribution is -2.28. The summed E-state index contributed by atoms with van der Waals surface area (Å²) >= 11 is 1.51. The van der Waals surface area contributed by atoms with E-state index in [0.29, 0.717) is 29.7 Å². The van der Waals surface area contributed by atoms with Gasteiger partial charge in [0.15, 0.2) is 5.65 Å². The molecule has 33 heavy (non-hydrogen) atoms. The third-order valence-electron chi connectivity index (χ3n) is 5.08. The Morgan fingerprint density at radius 3 is 2.67 bits per heavy atom. The number of nitrogens with zero attached hydrogens (tertiary/aromatic N) is 5. The first-order valence-electron chi connectivity index (χ1n) is 10.0. The summed E-state index contributed by atoms with van der Waals surface area (Å²) < 4.78 is 3.00. The van der Waals surface area contributed by atoms with Gasteiger partial charge in [0.1, 0.15) is 11.7 Å². The maximum absolute atomic E-state index is 12.8. The van der Waals surface area contributed by atoms with Gasteiger partial charge in [-0.05, 0) is 24.0 Å². The number of carbonyl (C=O) groups is 1. The van der Waals surface area contributed by atoms with Crippen molar-refractivity contribution >= 4 is 34.4 Å². The minimum Gasteiger partial charge on any atom is -0.350 e. The van der Waals surface area contributed by atoms with E-state index >= 15 is 0 Å². The summed E-state index contributed by atoms with van der Waals surface area (Å²) in [6.45, 7) is 0.914. The van der Waals surface area contributed by atoms with Gasteiger partial charge in [-0.15, -0.1) is 11.8 Å². The average molecular weight is 465 g/mol. The molecule has 0 atom stereocenters. The molecule has 0 spiro atoms. The summed E-state index contributed by atoms with van der Waals surface area (Å²) in [5, 5.41) is 18.3. The lowest BCUT2D eigenvalue weighted by Gasteiger charge is -2.09. The van der Waals surface area contributed by atoms with Gasteiger partial charge in [0.05, 0.1) is 29.8 Å². The van der Waals surface area contributed by atoms with Crippen LogP contribution in [-0.4, -0.2) is 43.0 Å². The zero-order valence-corrected chi connectivity index (χ0v) is 18.5. The second kappa shape index (κ2) is 9.65. The van der Waals surface area contributed by atoms with Gasteiger partial charge in [-0.1, -0.05) is 24.3 Å². The molecule has 0 fully saturated rings. The Hall–Kier alpha value is -3.99. The van der Waals surface area contributed by atoms with Gasteiger partial charge >= 0.3 is 0 Å². The normalized spacial score (nSPS) is 10.9. The molecule has 0 unspecified atom stereocenters. The number of nitrogens with one attached hydrogen (secondary N) is 1. The molecule has 4 aromatic rings. The van der Waals surface area contributed by atoms with Crippen LogP contribution in [0.25, 0.3) is 11.0 Å². The van der Waals surface area contributed by atoms with Crippen LogP contribution in [0.3, 0.4) is 0 Å². The molecule has 1 N–H and O–H groups in total. The van der Waals surface area contributed by atoms with Gasteiger partial charge in [0, 0.05) is 23.6 Å². The predicted molar refractivity (Wildman–Crippen MR) is 125 cm³/mol. The molecule has 2 aromatic carbocycles. The van der Waals surface area contributed by atoms with Crippen molar-refractivity contribution < 1.29 is 9.72 Å². The molecular formula is C22H20N6O4S. The molecule has 0 bridgehead atoms. The van der Waals surface area contributed by atoms with Crippen LogP contribution < -0.4 is 10.9 Å². The molecule has 0 aliphatic heterocycles. The first-order valence-corrected chi connectivity index (χ1v) is 11.3. The molecule has 11 heteroatoms. The largest absolute Gasteiger partial charge is 0.350 e. The molecule has 10 nitrogen and oxygen atoms in total. The van der Waals surface area contributed by atoms with Crippen LogP contribution in [0.2, 0.25) is 0 Å². The number of hydrogen-bond donors (Lipinski definition) is 1. The van der Waals surface area contributed by atoms with Crippen LogP contribution >= 0.6 is 11.8 Å².